The van der Waals surface area contributed by atoms with Crippen LogP contribution in [-0.4, -0.2) is 53.7 Å². The number of carboxylic acid groups (broad SMARTS) is 1. The fraction of sp³-hybridized carbons (Fsp3) is 0.400. The Kier molecular flexibility index (Phi) is 6.73. The molecule has 2 aromatic carbocycles. The molecule has 1 saturated heterocycles. The SMILES string of the molecule is O=C(NCCCC(=O)N1CCCC[C@@H]1C(=O)O)OCC1c2ccccc2-c2ccccc21. The van der Waals surface area contributed by atoms with Gasteiger partial charge in [0.05, 0.1) is 0 Å². The second-order valence-electron chi connectivity index (χ2n) is 8.29. The Morgan fingerprint density at radius 2 is 1.66 bits per heavy atom. The number of hydrogen-bond donors (Lipinski definition) is 2. The third kappa shape index (κ3) is 4.61. The molecule has 4 rings (SSSR count). The predicted octanol–water partition coefficient (Wildman–Crippen LogP) is 3.77. The lowest BCUT2D eigenvalue weighted by Gasteiger charge is -2.33. The number of carbonyl (C=O) groups is 3. The highest BCUT2D eigenvalue weighted by Gasteiger charge is 2.31. The van der Waals surface area contributed by atoms with Crippen molar-refractivity contribution in [2.75, 3.05) is 19.7 Å². The van der Waals surface area contributed by atoms with Gasteiger partial charge in [-0.2, -0.15) is 0 Å². The van der Waals surface area contributed by atoms with E-state index in [2.05, 4.69) is 29.6 Å². The van der Waals surface area contributed by atoms with E-state index >= 15 is 0 Å². The summed E-state index contributed by atoms with van der Waals surface area (Å²) in [5.41, 5.74) is 4.66. The van der Waals surface area contributed by atoms with Crippen molar-refractivity contribution in [1.82, 2.24) is 10.2 Å². The first-order valence-electron chi connectivity index (χ1n) is 11.2. The topological polar surface area (TPSA) is 95.9 Å². The van der Waals surface area contributed by atoms with Crippen molar-refractivity contribution in [3.63, 3.8) is 0 Å². The summed E-state index contributed by atoms with van der Waals surface area (Å²) in [6, 6.07) is 15.6. The van der Waals surface area contributed by atoms with Crippen LogP contribution in [0.1, 0.15) is 49.1 Å². The number of nitrogens with one attached hydrogen (secondary N) is 1. The lowest BCUT2D eigenvalue weighted by Crippen LogP contribution is -2.48. The molecule has 1 fully saturated rings. The van der Waals surface area contributed by atoms with Crippen LogP contribution in [0.15, 0.2) is 48.5 Å². The zero-order valence-electron chi connectivity index (χ0n) is 18.0. The minimum Gasteiger partial charge on any atom is -0.480 e. The summed E-state index contributed by atoms with van der Waals surface area (Å²) < 4.78 is 5.49. The number of benzene rings is 2. The van der Waals surface area contributed by atoms with Crippen LogP contribution in [-0.2, 0) is 14.3 Å². The molecule has 2 aliphatic rings. The molecule has 0 saturated carbocycles. The van der Waals surface area contributed by atoms with Gasteiger partial charge in [0.2, 0.25) is 5.91 Å². The molecule has 2 N–H and O–H groups in total. The Hall–Kier alpha value is -3.35. The molecule has 1 heterocycles. The van der Waals surface area contributed by atoms with Crippen molar-refractivity contribution in [1.29, 1.82) is 0 Å². The molecule has 0 unspecified atom stereocenters. The van der Waals surface area contributed by atoms with Crippen molar-refractivity contribution < 1.29 is 24.2 Å². The number of carboxylic acids is 1. The summed E-state index contributed by atoms with van der Waals surface area (Å²) in [6.07, 6.45) is 2.27. The standard InChI is InChI=1S/C25H28N2O5/c28-23(27-15-6-5-12-22(27)24(29)30)13-7-14-26-25(31)32-16-21-19-10-3-1-8-17(19)18-9-2-4-11-20(18)21/h1-4,8-11,21-22H,5-7,12-16H2,(H,26,31)(H,29,30)/t22-/m1/s1. The van der Waals surface area contributed by atoms with Gasteiger partial charge in [-0.05, 0) is 47.9 Å². The molecule has 168 valence electrons. The van der Waals surface area contributed by atoms with Crippen LogP contribution in [0.4, 0.5) is 4.79 Å². The van der Waals surface area contributed by atoms with Crippen LogP contribution < -0.4 is 5.32 Å². The van der Waals surface area contributed by atoms with Gasteiger partial charge >= 0.3 is 12.1 Å². The number of likely N-dealkylation sites (tertiary alicyclic amines) is 1. The largest absolute Gasteiger partial charge is 0.480 e. The van der Waals surface area contributed by atoms with E-state index in [1.54, 1.807) is 0 Å². The summed E-state index contributed by atoms with van der Waals surface area (Å²) in [6.45, 7) is 1.02. The minimum atomic E-state index is -0.949. The number of ether oxygens (including phenoxy) is 1. The normalized spacial score (nSPS) is 17.4. The average molecular weight is 437 g/mol. The number of aliphatic carboxylic acids is 1. The molecule has 1 aliphatic heterocycles. The Balaban J connectivity index is 1.23. The van der Waals surface area contributed by atoms with Crippen LogP contribution in [0.2, 0.25) is 0 Å². The first kappa shape index (κ1) is 21.9. The molecule has 2 aromatic rings. The van der Waals surface area contributed by atoms with E-state index in [0.29, 0.717) is 25.9 Å². The maximum Gasteiger partial charge on any atom is 0.407 e. The van der Waals surface area contributed by atoms with Gasteiger partial charge in [0.1, 0.15) is 12.6 Å². The molecule has 0 radical (unpaired) electrons. The third-order valence-corrected chi connectivity index (χ3v) is 6.29. The maximum atomic E-state index is 12.4. The van der Waals surface area contributed by atoms with Gasteiger partial charge in [-0.15, -0.1) is 0 Å². The summed E-state index contributed by atoms with van der Waals surface area (Å²) in [7, 11) is 0. The summed E-state index contributed by atoms with van der Waals surface area (Å²) in [5, 5.41) is 12.0. The smallest absolute Gasteiger partial charge is 0.407 e. The van der Waals surface area contributed by atoms with Gasteiger partial charge in [0, 0.05) is 25.4 Å². The average Bonchev–Trinajstić information content (AvgIpc) is 3.14. The van der Waals surface area contributed by atoms with Gasteiger partial charge in [0.15, 0.2) is 0 Å². The van der Waals surface area contributed by atoms with Gasteiger partial charge < -0.3 is 20.1 Å². The molecule has 7 nitrogen and oxygen atoms in total. The fourth-order valence-electron chi connectivity index (χ4n) is 4.71. The number of fused-ring (bicyclic) bond motifs is 3. The van der Waals surface area contributed by atoms with Gasteiger partial charge in [0.25, 0.3) is 0 Å². The van der Waals surface area contributed by atoms with E-state index in [0.717, 1.165) is 24.0 Å². The van der Waals surface area contributed by atoms with E-state index < -0.39 is 18.1 Å². The van der Waals surface area contributed by atoms with Gasteiger partial charge in [-0.25, -0.2) is 9.59 Å². The zero-order chi connectivity index (χ0) is 22.5. The molecule has 2 amide bonds. The number of amides is 2. The van der Waals surface area contributed by atoms with Crippen molar-refractivity contribution >= 4 is 18.0 Å². The summed E-state index contributed by atoms with van der Waals surface area (Å²) in [4.78, 5) is 37.4. The summed E-state index contributed by atoms with van der Waals surface area (Å²) >= 11 is 0. The maximum absolute atomic E-state index is 12.4. The molecule has 7 heteroatoms. The van der Waals surface area contributed by atoms with Crippen LogP contribution in [0.5, 0.6) is 0 Å². The monoisotopic (exact) mass is 436 g/mol. The number of hydrogen-bond acceptors (Lipinski definition) is 4. The van der Waals surface area contributed by atoms with Gasteiger partial charge in [-0.3, -0.25) is 4.79 Å². The lowest BCUT2D eigenvalue weighted by molar-refractivity contribution is -0.152. The highest BCUT2D eigenvalue weighted by Crippen LogP contribution is 2.44. The third-order valence-electron chi connectivity index (χ3n) is 6.29. The van der Waals surface area contributed by atoms with Gasteiger partial charge in [-0.1, -0.05) is 48.5 Å². The molecule has 0 spiro atoms. The minimum absolute atomic E-state index is 0.00165. The van der Waals surface area contributed by atoms with Crippen LogP contribution in [0.3, 0.4) is 0 Å². The molecule has 1 aliphatic carbocycles. The van der Waals surface area contributed by atoms with E-state index in [9.17, 15) is 19.5 Å². The molecular formula is C25H28N2O5. The van der Waals surface area contributed by atoms with E-state index in [1.807, 2.05) is 24.3 Å². The number of carbonyl (C=O) groups excluding carboxylic acids is 2. The zero-order valence-corrected chi connectivity index (χ0v) is 18.0. The molecular weight excluding hydrogens is 408 g/mol. The molecule has 0 bridgehead atoms. The number of alkyl carbamates (subject to hydrolysis) is 1. The second-order valence-corrected chi connectivity index (χ2v) is 8.29. The van der Waals surface area contributed by atoms with Crippen molar-refractivity contribution in [3.05, 3.63) is 59.7 Å². The lowest BCUT2D eigenvalue weighted by atomic mass is 9.98. The highest BCUT2D eigenvalue weighted by molar-refractivity contribution is 5.84. The number of piperidine rings is 1. The van der Waals surface area contributed by atoms with E-state index in [1.165, 1.54) is 16.0 Å². The van der Waals surface area contributed by atoms with Crippen molar-refractivity contribution in [2.45, 2.75) is 44.1 Å². The Morgan fingerprint density at radius 1 is 1.00 bits per heavy atom. The molecule has 1 atom stereocenters. The first-order valence-corrected chi connectivity index (χ1v) is 11.2. The Morgan fingerprint density at radius 3 is 2.31 bits per heavy atom. The fourth-order valence-corrected chi connectivity index (χ4v) is 4.71. The second kappa shape index (κ2) is 9.85. The summed E-state index contributed by atoms with van der Waals surface area (Å²) in [5.74, 6) is -1.12. The van der Waals surface area contributed by atoms with Crippen molar-refractivity contribution in [2.24, 2.45) is 0 Å². The predicted molar refractivity (Wildman–Crippen MR) is 119 cm³/mol. The number of rotatable bonds is 7. The van der Waals surface area contributed by atoms with E-state index in [4.69, 9.17) is 4.74 Å². The van der Waals surface area contributed by atoms with Crippen LogP contribution in [0.25, 0.3) is 11.1 Å². The highest BCUT2D eigenvalue weighted by atomic mass is 16.5. The molecule has 0 aromatic heterocycles. The Bertz CT molecular complexity index is 960. The van der Waals surface area contributed by atoms with Crippen LogP contribution in [0, 0.1) is 0 Å². The Labute approximate surface area is 187 Å². The van der Waals surface area contributed by atoms with E-state index in [-0.39, 0.29) is 24.9 Å². The van der Waals surface area contributed by atoms with Crippen LogP contribution >= 0.6 is 0 Å². The number of nitrogens with zero attached hydrogens (tertiary/aromatic N) is 1. The quantitative estimate of drug-likeness (QED) is 0.644. The molecule has 32 heavy (non-hydrogen) atoms. The van der Waals surface area contributed by atoms with Crippen molar-refractivity contribution in [3.8, 4) is 11.1 Å². The first-order chi connectivity index (χ1) is 15.6.